The van der Waals surface area contributed by atoms with Gasteiger partial charge in [0.15, 0.2) is 0 Å². The molecule has 0 radical (unpaired) electrons. The van der Waals surface area contributed by atoms with E-state index in [2.05, 4.69) is 57.6 Å². The molecule has 2 N–H and O–H groups in total. The number of anilines is 2. The summed E-state index contributed by atoms with van der Waals surface area (Å²) in [5.74, 6) is -0.375. The zero-order valence-corrected chi connectivity index (χ0v) is 24.2. The molecule has 2 aliphatic rings. The standard InChI is InChI=1S/2C13H17F3N2O.2ClH/c2*1-9-7-18(8-10(2)17-9)11-3-5-12(6-4-11)19-13(14,15)16;;/h2*3-6,9-10,17H,7-8H2,1-2H3;2*1H/t2*9-,10+;;. The molecular formula is C26H36Cl2F6N4O2. The van der Waals surface area contributed by atoms with E-state index >= 15 is 0 Å². The minimum Gasteiger partial charge on any atom is -0.406 e. The van der Waals surface area contributed by atoms with Crippen molar-refractivity contribution in [3.05, 3.63) is 48.5 Å². The minimum absolute atomic E-state index is 0. The van der Waals surface area contributed by atoms with Crippen LogP contribution in [0.4, 0.5) is 37.7 Å². The molecule has 0 amide bonds. The molecule has 6 nitrogen and oxygen atoms in total. The van der Waals surface area contributed by atoms with Crippen molar-refractivity contribution in [3.8, 4) is 11.5 Å². The van der Waals surface area contributed by atoms with Gasteiger partial charge in [-0.1, -0.05) is 0 Å². The third kappa shape index (κ3) is 12.1. The first-order valence-electron chi connectivity index (χ1n) is 12.4. The van der Waals surface area contributed by atoms with Crippen molar-refractivity contribution in [3.63, 3.8) is 0 Å². The lowest BCUT2D eigenvalue weighted by Gasteiger charge is -2.37. The average molecular weight is 621 g/mol. The molecule has 0 unspecified atom stereocenters. The van der Waals surface area contributed by atoms with Crippen molar-refractivity contribution < 1.29 is 35.8 Å². The van der Waals surface area contributed by atoms with Crippen LogP contribution in [0, 0.1) is 0 Å². The van der Waals surface area contributed by atoms with Crippen molar-refractivity contribution in [1.29, 1.82) is 0 Å². The lowest BCUT2D eigenvalue weighted by molar-refractivity contribution is -0.275. The SMILES string of the molecule is C[C@@H]1CN(c2ccc(OC(F)(F)F)cc2)C[C@H](C)N1.C[C@@H]1CN(c2ccc(OC(F)(F)F)cc2)C[C@H](C)N1.Cl.Cl. The first kappa shape index (κ1) is 35.7. The Morgan fingerprint density at radius 3 is 1.02 bits per heavy atom. The average Bonchev–Trinajstić information content (AvgIpc) is 2.77. The Kier molecular flexibility index (Phi) is 13.5. The van der Waals surface area contributed by atoms with Crippen molar-refractivity contribution in [1.82, 2.24) is 10.6 Å². The van der Waals surface area contributed by atoms with Gasteiger partial charge in [0.1, 0.15) is 11.5 Å². The Balaban J connectivity index is 0.000000381. The predicted octanol–water partition coefficient (Wildman–Crippen LogP) is 6.39. The van der Waals surface area contributed by atoms with Crippen molar-refractivity contribution in [2.75, 3.05) is 36.0 Å². The zero-order chi connectivity index (χ0) is 28.1. The summed E-state index contributed by atoms with van der Waals surface area (Å²) in [6.07, 6.45) is -9.28. The van der Waals surface area contributed by atoms with E-state index < -0.39 is 12.7 Å². The first-order chi connectivity index (χ1) is 17.7. The van der Waals surface area contributed by atoms with E-state index in [4.69, 9.17) is 0 Å². The molecule has 4 atom stereocenters. The number of halogens is 8. The van der Waals surface area contributed by atoms with Crippen molar-refractivity contribution in [2.24, 2.45) is 0 Å². The van der Waals surface area contributed by atoms with Gasteiger partial charge in [-0.2, -0.15) is 0 Å². The summed E-state index contributed by atoms with van der Waals surface area (Å²) in [5, 5.41) is 6.81. The molecule has 0 saturated carbocycles. The molecule has 2 aliphatic heterocycles. The molecule has 0 aromatic heterocycles. The molecule has 40 heavy (non-hydrogen) atoms. The van der Waals surface area contributed by atoms with Crippen molar-refractivity contribution >= 4 is 36.2 Å². The molecule has 4 rings (SSSR count). The molecule has 2 heterocycles. The highest BCUT2D eigenvalue weighted by molar-refractivity contribution is 5.85. The van der Waals surface area contributed by atoms with Gasteiger partial charge < -0.3 is 29.9 Å². The number of rotatable bonds is 4. The molecule has 228 valence electrons. The van der Waals surface area contributed by atoms with E-state index in [-0.39, 0.29) is 36.3 Å². The Morgan fingerprint density at radius 1 is 0.550 bits per heavy atom. The van der Waals surface area contributed by atoms with Crippen LogP contribution in [-0.4, -0.2) is 63.1 Å². The van der Waals surface area contributed by atoms with Gasteiger partial charge in [-0.25, -0.2) is 0 Å². The zero-order valence-electron chi connectivity index (χ0n) is 22.6. The maximum atomic E-state index is 12.1. The van der Waals surface area contributed by atoms with Gasteiger partial charge in [0.2, 0.25) is 0 Å². The first-order valence-corrected chi connectivity index (χ1v) is 12.4. The predicted molar refractivity (Wildman–Crippen MR) is 149 cm³/mol. The maximum Gasteiger partial charge on any atom is 0.573 e. The second kappa shape index (κ2) is 15.1. The fourth-order valence-corrected chi connectivity index (χ4v) is 4.79. The van der Waals surface area contributed by atoms with Crippen LogP contribution in [0.25, 0.3) is 0 Å². The van der Waals surface area contributed by atoms with Crippen LogP contribution in [0.3, 0.4) is 0 Å². The van der Waals surface area contributed by atoms with Gasteiger partial charge in [0.05, 0.1) is 0 Å². The second-order valence-corrected chi connectivity index (χ2v) is 9.83. The lowest BCUT2D eigenvalue weighted by Crippen LogP contribution is -2.54. The Labute approximate surface area is 243 Å². The van der Waals surface area contributed by atoms with Crippen LogP contribution < -0.4 is 29.9 Å². The number of benzene rings is 2. The van der Waals surface area contributed by atoms with E-state index in [1.165, 1.54) is 24.3 Å². The van der Waals surface area contributed by atoms with Crippen LogP contribution in [-0.2, 0) is 0 Å². The molecule has 0 aliphatic carbocycles. The summed E-state index contributed by atoms with van der Waals surface area (Å²) in [6.45, 7) is 11.7. The fourth-order valence-electron chi connectivity index (χ4n) is 4.79. The Hall–Kier alpha value is -2.28. The summed E-state index contributed by atoms with van der Waals surface area (Å²) >= 11 is 0. The number of alkyl halides is 6. The van der Waals surface area contributed by atoms with E-state index in [1.54, 1.807) is 24.3 Å². The summed E-state index contributed by atoms with van der Waals surface area (Å²) < 4.78 is 80.1. The van der Waals surface area contributed by atoms with Gasteiger partial charge in [0, 0.05) is 61.7 Å². The van der Waals surface area contributed by atoms with Gasteiger partial charge in [-0.05, 0) is 76.2 Å². The summed E-state index contributed by atoms with van der Waals surface area (Å²) in [6, 6.07) is 13.4. The molecule has 2 aromatic rings. The highest BCUT2D eigenvalue weighted by Gasteiger charge is 2.32. The number of nitrogens with zero attached hydrogens (tertiary/aromatic N) is 2. The normalized spacial score (nSPS) is 23.1. The van der Waals surface area contributed by atoms with Gasteiger partial charge in [0.25, 0.3) is 0 Å². The van der Waals surface area contributed by atoms with Gasteiger partial charge in [-0.15, -0.1) is 51.2 Å². The molecule has 2 fully saturated rings. The molecule has 14 heteroatoms. The van der Waals surface area contributed by atoms with Gasteiger partial charge in [-0.3, -0.25) is 0 Å². The summed E-state index contributed by atoms with van der Waals surface area (Å²) in [7, 11) is 0. The fraction of sp³-hybridized carbons (Fsp3) is 0.538. The topological polar surface area (TPSA) is 49.0 Å². The number of ether oxygens (including phenoxy) is 2. The summed E-state index contributed by atoms with van der Waals surface area (Å²) in [5.41, 5.74) is 1.82. The van der Waals surface area contributed by atoms with Crippen LogP contribution in [0.15, 0.2) is 48.5 Å². The molecular weight excluding hydrogens is 585 g/mol. The smallest absolute Gasteiger partial charge is 0.406 e. The number of hydrogen-bond donors (Lipinski definition) is 2. The monoisotopic (exact) mass is 620 g/mol. The summed E-state index contributed by atoms with van der Waals surface area (Å²) in [4.78, 5) is 4.31. The van der Waals surface area contributed by atoms with E-state index in [9.17, 15) is 26.3 Å². The third-order valence-electron chi connectivity index (χ3n) is 5.99. The molecule has 0 spiro atoms. The number of nitrogens with one attached hydrogen (secondary N) is 2. The number of hydrogen-bond acceptors (Lipinski definition) is 6. The van der Waals surface area contributed by atoms with Gasteiger partial charge >= 0.3 is 12.7 Å². The van der Waals surface area contributed by atoms with Crippen LogP contribution >= 0.6 is 24.8 Å². The molecule has 2 aromatic carbocycles. The quantitative estimate of drug-likeness (QED) is 0.387. The highest BCUT2D eigenvalue weighted by Crippen LogP contribution is 2.27. The van der Waals surface area contributed by atoms with E-state index in [1.807, 2.05) is 0 Å². The minimum atomic E-state index is -4.64. The Bertz CT molecular complexity index is 911. The van der Waals surface area contributed by atoms with Crippen LogP contribution in [0.5, 0.6) is 11.5 Å². The lowest BCUT2D eigenvalue weighted by atomic mass is 10.1. The maximum absolute atomic E-state index is 12.1. The van der Waals surface area contributed by atoms with Crippen molar-refractivity contribution in [2.45, 2.75) is 64.6 Å². The molecule has 2 saturated heterocycles. The van der Waals surface area contributed by atoms with Crippen LogP contribution in [0.2, 0.25) is 0 Å². The van der Waals surface area contributed by atoms with Crippen LogP contribution in [0.1, 0.15) is 27.7 Å². The Morgan fingerprint density at radius 2 is 0.800 bits per heavy atom. The van der Waals surface area contributed by atoms with E-state index in [0.717, 1.165) is 37.6 Å². The third-order valence-corrected chi connectivity index (χ3v) is 5.99. The highest BCUT2D eigenvalue weighted by atomic mass is 35.5. The molecule has 0 bridgehead atoms. The second-order valence-electron chi connectivity index (χ2n) is 9.83. The van der Waals surface area contributed by atoms with E-state index in [0.29, 0.717) is 24.2 Å². The number of piperazine rings is 2. The largest absolute Gasteiger partial charge is 0.573 e.